The van der Waals surface area contributed by atoms with Crippen LogP contribution in [0.4, 0.5) is 0 Å². The maximum atomic E-state index is 11.4. The number of carbonyl (C=O) groups excluding carboxylic acids is 1. The molecular formula is C9H20N2O2. The van der Waals surface area contributed by atoms with Crippen LogP contribution in [0, 0.1) is 5.92 Å². The maximum Gasteiger partial charge on any atom is 0.224 e. The number of aliphatic hydroxyl groups is 1. The van der Waals surface area contributed by atoms with Crippen molar-refractivity contribution in [3.05, 3.63) is 0 Å². The monoisotopic (exact) mass is 188 g/mol. The Bertz CT molecular complexity index is 156. The normalized spacial score (nSPS) is 17.6. The first-order valence-electron chi connectivity index (χ1n) is 4.69. The van der Waals surface area contributed by atoms with Crippen molar-refractivity contribution in [3.63, 3.8) is 0 Å². The van der Waals surface area contributed by atoms with Crippen LogP contribution in [0.25, 0.3) is 0 Å². The number of hydrogen-bond acceptors (Lipinski definition) is 3. The fraction of sp³-hybridized carbons (Fsp3) is 0.889. The van der Waals surface area contributed by atoms with Gasteiger partial charge in [0.25, 0.3) is 0 Å². The summed E-state index contributed by atoms with van der Waals surface area (Å²) in [5.74, 6) is -0.295. The molecule has 4 N–H and O–H groups in total. The van der Waals surface area contributed by atoms with Crippen LogP contribution in [0.5, 0.6) is 0 Å². The SMILES string of the molecule is CC[C@H](CO)NC(=O)C(C)C(C)N. The van der Waals surface area contributed by atoms with Gasteiger partial charge in [0.05, 0.1) is 12.6 Å². The molecule has 0 aromatic rings. The standard InChI is InChI=1S/C9H20N2O2/c1-4-8(5-12)11-9(13)6(2)7(3)10/h6-8,12H,4-5,10H2,1-3H3,(H,11,13)/t6?,7?,8-/m1/s1. The molecule has 0 bridgehead atoms. The van der Waals surface area contributed by atoms with E-state index in [-0.39, 0.29) is 30.5 Å². The van der Waals surface area contributed by atoms with Crippen LogP contribution in [0.3, 0.4) is 0 Å². The Hall–Kier alpha value is -0.610. The highest BCUT2D eigenvalue weighted by Gasteiger charge is 2.18. The van der Waals surface area contributed by atoms with Crippen LogP contribution >= 0.6 is 0 Å². The molecular weight excluding hydrogens is 168 g/mol. The number of amides is 1. The Morgan fingerprint density at radius 2 is 2.08 bits per heavy atom. The predicted molar refractivity (Wildman–Crippen MR) is 52.1 cm³/mol. The number of aliphatic hydroxyl groups excluding tert-OH is 1. The number of carbonyl (C=O) groups is 1. The highest BCUT2D eigenvalue weighted by molar-refractivity contribution is 5.79. The summed E-state index contributed by atoms with van der Waals surface area (Å²) in [7, 11) is 0. The van der Waals surface area contributed by atoms with E-state index in [4.69, 9.17) is 10.8 Å². The zero-order valence-corrected chi connectivity index (χ0v) is 8.58. The maximum absolute atomic E-state index is 11.4. The van der Waals surface area contributed by atoms with Gasteiger partial charge in [-0.3, -0.25) is 4.79 Å². The molecule has 0 radical (unpaired) electrons. The average Bonchev–Trinajstić information content (AvgIpc) is 2.12. The lowest BCUT2D eigenvalue weighted by Gasteiger charge is -2.19. The molecule has 4 heteroatoms. The molecule has 0 aromatic carbocycles. The first-order chi connectivity index (χ1) is 6.02. The van der Waals surface area contributed by atoms with Gasteiger partial charge >= 0.3 is 0 Å². The largest absolute Gasteiger partial charge is 0.394 e. The van der Waals surface area contributed by atoms with Crippen molar-refractivity contribution in [1.82, 2.24) is 5.32 Å². The van der Waals surface area contributed by atoms with Crippen LogP contribution in [0.2, 0.25) is 0 Å². The summed E-state index contributed by atoms with van der Waals surface area (Å²) in [6, 6.07) is -0.301. The number of rotatable bonds is 5. The van der Waals surface area contributed by atoms with E-state index in [2.05, 4.69) is 5.32 Å². The summed E-state index contributed by atoms with van der Waals surface area (Å²) in [4.78, 5) is 11.4. The van der Waals surface area contributed by atoms with Crippen molar-refractivity contribution < 1.29 is 9.90 Å². The third-order valence-electron chi connectivity index (χ3n) is 2.26. The second-order valence-corrected chi connectivity index (χ2v) is 3.44. The summed E-state index contributed by atoms with van der Waals surface area (Å²) in [6.45, 7) is 5.47. The number of hydrogen-bond donors (Lipinski definition) is 3. The highest BCUT2D eigenvalue weighted by Crippen LogP contribution is 2.01. The van der Waals surface area contributed by atoms with Crippen molar-refractivity contribution in [3.8, 4) is 0 Å². The van der Waals surface area contributed by atoms with Crippen LogP contribution in [0.15, 0.2) is 0 Å². The van der Waals surface area contributed by atoms with Crippen LogP contribution in [-0.4, -0.2) is 29.7 Å². The minimum atomic E-state index is -0.208. The first kappa shape index (κ1) is 12.4. The molecule has 0 rings (SSSR count). The molecule has 0 fully saturated rings. The quantitative estimate of drug-likeness (QED) is 0.562. The molecule has 0 spiro atoms. The van der Waals surface area contributed by atoms with E-state index in [0.717, 1.165) is 6.42 Å². The molecule has 78 valence electrons. The zero-order chi connectivity index (χ0) is 10.4. The van der Waals surface area contributed by atoms with E-state index in [1.54, 1.807) is 13.8 Å². The van der Waals surface area contributed by atoms with Gasteiger partial charge in [0.1, 0.15) is 0 Å². The Balaban J connectivity index is 3.98. The summed E-state index contributed by atoms with van der Waals surface area (Å²) in [5, 5.41) is 11.6. The number of nitrogens with one attached hydrogen (secondary N) is 1. The second-order valence-electron chi connectivity index (χ2n) is 3.44. The minimum Gasteiger partial charge on any atom is -0.394 e. The van der Waals surface area contributed by atoms with Crippen LogP contribution in [0.1, 0.15) is 27.2 Å². The lowest BCUT2D eigenvalue weighted by atomic mass is 10.0. The van der Waals surface area contributed by atoms with Crippen molar-refractivity contribution in [1.29, 1.82) is 0 Å². The lowest BCUT2D eigenvalue weighted by molar-refractivity contribution is -0.126. The Labute approximate surface area is 79.5 Å². The highest BCUT2D eigenvalue weighted by atomic mass is 16.3. The molecule has 0 aliphatic carbocycles. The van der Waals surface area contributed by atoms with Crippen LogP contribution in [-0.2, 0) is 4.79 Å². The molecule has 0 aliphatic rings. The Kier molecular flexibility index (Phi) is 5.66. The third kappa shape index (κ3) is 4.24. The molecule has 2 unspecified atom stereocenters. The van der Waals surface area contributed by atoms with Crippen molar-refractivity contribution in [2.45, 2.75) is 39.3 Å². The topological polar surface area (TPSA) is 75.3 Å². The van der Waals surface area contributed by atoms with Gasteiger partial charge in [-0.2, -0.15) is 0 Å². The first-order valence-corrected chi connectivity index (χ1v) is 4.69. The van der Waals surface area contributed by atoms with Gasteiger partial charge in [-0.05, 0) is 13.3 Å². The van der Waals surface area contributed by atoms with Crippen molar-refractivity contribution in [2.24, 2.45) is 11.7 Å². The van der Waals surface area contributed by atoms with Gasteiger partial charge in [0.2, 0.25) is 5.91 Å². The van der Waals surface area contributed by atoms with Crippen molar-refractivity contribution >= 4 is 5.91 Å². The smallest absolute Gasteiger partial charge is 0.224 e. The van der Waals surface area contributed by atoms with Gasteiger partial charge in [0.15, 0.2) is 0 Å². The molecule has 1 amide bonds. The summed E-state index contributed by atoms with van der Waals surface area (Å²) in [6.07, 6.45) is 0.730. The van der Waals surface area contributed by atoms with E-state index in [0.29, 0.717) is 0 Å². The molecule has 0 aliphatic heterocycles. The molecule has 0 heterocycles. The lowest BCUT2D eigenvalue weighted by Crippen LogP contribution is -2.44. The molecule has 13 heavy (non-hydrogen) atoms. The minimum absolute atomic E-state index is 0.0199. The molecule has 4 nitrogen and oxygen atoms in total. The summed E-state index contributed by atoms with van der Waals surface area (Å²) in [5.41, 5.74) is 5.57. The molecule has 3 atom stereocenters. The van der Waals surface area contributed by atoms with E-state index in [1.165, 1.54) is 0 Å². The average molecular weight is 188 g/mol. The Morgan fingerprint density at radius 3 is 2.38 bits per heavy atom. The third-order valence-corrected chi connectivity index (χ3v) is 2.26. The van der Waals surface area contributed by atoms with Gasteiger partial charge in [0, 0.05) is 12.0 Å². The van der Waals surface area contributed by atoms with Gasteiger partial charge in [-0.15, -0.1) is 0 Å². The van der Waals surface area contributed by atoms with E-state index in [1.807, 2.05) is 6.92 Å². The molecule has 0 aromatic heterocycles. The molecule has 0 saturated carbocycles. The molecule has 0 saturated heterocycles. The van der Waals surface area contributed by atoms with Gasteiger partial charge in [-0.1, -0.05) is 13.8 Å². The van der Waals surface area contributed by atoms with E-state index >= 15 is 0 Å². The predicted octanol–water partition coefficient (Wildman–Crippen LogP) is -0.143. The Morgan fingerprint density at radius 1 is 1.54 bits per heavy atom. The second kappa shape index (κ2) is 5.94. The number of nitrogens with two attached hydrogens (primary N) is 1. The summed E-state index contributed by atoms with van der Waals surface area (Å²) < 4.78 is 0. The summed E-state index contributed by atoms with van der Waals surface area (Å²) >= 11 is 0. The van der Waals surface area contributed by atoms with Crippen LogP contribution < -0.4 is 11.1 Å². The zero-order valence-electron chi connectivity index (χ0n) is 8.58. The fourth-order valence-electron chi connectivity index (χ4n) is 0.848. The van der Waals surface area contributed by atoms with Crippen molar-refractivity contribution in [2.75, 3.05) is 6.61 Å². The fourth-order valence-corrected chi connectivity index (χ4v) is 0.848. The van der Waals surface area contributed by atoms with Gasteiger partial charge in [-0.25, -0.2) is 0 Å². The van der Waals surface area contributed by atoms with E-state index < -0.39 is 0 Å². The van der Waals surface area contributed by atoms with E-state index in [9.17, 15) is 4.79 Å². The van der Waals surface area contributed by atoms with Gasteiger partial charge < -0.3 is 16.2 Å².